The van der Waals surface area contributed by atoms with Crippen LogP contribution in [0.15, 0.2) is 30.3 Å². The molecule has 1 fully saturated rings. The molecule has 0 saturated carbocycles. The van der Waals surface area contributed by atoms with Crippen LogP contribution < -0.4 is 5.32 Å². The molecule has 1 unspecified atom stereocenters. The number of benzene rings is 1. The van der Waals surface area contributed by atoms with Crippen molar-refractivity contribution < 1.29 is 14.6 Å². The van der Waals surface area contributed by atoms with Crippen molar-refractivity contribution in [3.05, 3.63) is 35.9 Å². The van der Waals surface area contributed by atoms with Gasteiger partial charge >= 0.3 is 5.97 Å². The van der Waals surface area contributed by atoms with Crippen molar-refractivity contribution in [3.8, 4) is 0 Å². The van der Waals surface area contributed by atoms with Crippen LogP contribution in [-0.2, 0) is 16.0 Å². The van der Waals surface area contributed by atoms with E-state index < -0.39 is 12.1 Å². The Morgan fingerprint density at radius 2 is 2.16 bits per heavy atom. The van der Waals surface area contributed by atoms with Gasteiger partial charge in [0.15, 0.2) is 6.10 Å². The van der Waals surface area contributed by atoms with E-state index in [2.05, 4.69) is 5.32 Å². The molecule has 0 spiro atoms. The van der Waals surface area contributed by atoms with Gasteiger partial charge in [-0.1, -0.05) is 30.3 Å². The summed E-state index contributed by atoms with van der Waals surface area (Å²) < 4.78 is 5.53. The minimum atomic E-state index is -0.892. The molecular formula is C14H20ClNO3. The zero-order chi connectivity index (χ0) is 12.8. The third-order valence-electron chi connectivity index (χ3n) is 3.20. The number of hydrogen-bond acceptors (Lipinski definition) is 3. The van der Waals surface area contributed by atoms with E-state index in [-0.39, 0.29) is 12.4 Å². The van der Waals surface area contributed by atoms with Gasteiger partial charge in [0.05, 0.1) is 6.61 Å². The highest BCUT2D eigenvalue weighted by atomic mass is 35.5. The summed E-state index contributed by atoms with van der Waals surface area (Å²) in [7, 11) is 0. The van der Waals surface area contributed by atoms with Gasteiger partial charge in [-0.05, 0) is 24.9 Å². The Kier molecular flexibility index (Phi) is 6.84. The number of halogens is 1. The summed E-state index contributed by atoms with van der Waals surface area (Å²) in [5.74, 6) is -0.892. The standard InChI is InChI=1S/C14H19NO3.ClH/c16-14(17)13(9-11-5-2-1-3-6-11)18-10-12-7-4-8-15-12;/h1-3,5-6,12-13,15H,4,7-10H2,(H,16,17);1H/t12-,13?;/m0./s1. The number of hydrogen-bond donors (Lipinski definition) is 2. The lowest BCUT2D eigenvalue weighted by Crippen LogP contribution is -2.33. The average Bonchev–Trinajstić information content (AvgIpc) is 2.88. The molecule has 1 aliphatic heterocycles. The van der Waals surface area contributed by atoms with Crippen LogP contribution in [0.25, 0.3) is 0 Å². The summed E-state index contributed by atoms with van der Waals surface area (Å²) in [4.78, 5) is 11.2. The van der Waals surface area contributed by atoms with Crippen molar-refractivity contribution in [3.63, 3.8) is 0 Å². The van der Waals surface area contributed by atoms with Crippen LogP contribution in [-0.4, -0.2) is 36.4 Å². The zero-order valence-electron chi connectivity index (χ0n) is 10.7. The maximum Gasteiger partial charge on any atom is 0.333 e. The van der Waals surface area contributed by atoms with Crippen LogP contribution in [0.3, 0.4) is 0 Å². The first-order chi connectivity index (χ1) is 8.75. The normalized spacial score (nSPS) is 19.7. The number of carbonyl (C=O) groups is 1. The molecule has 1 aromatic rings. The van der Waals surface area contributed by atoms with Crippen molar-refractivity contribution in [2.45, 2.75) is 31.4 Å². The highest BCUT2D eigenvalue weighted by molar-refractivity contribution is 5.85. The number of ether oxygens (including phenoxy) is 1. The van der Waals surface area contributed by atoms with Gasteiger partial charge in [-0.2, -0.15) is 0 Å². The maximum atomic E-state index is 11.2. The Labute approximate surface area is 119 Å². The second-order valence-corrected chi connectivity index (χ2v) is 4.64. The van der Waals surface area contributed by atoms with Crippen molar-refractivity contribution >= 4 is 18.4 Å². The topological polar surface area (TPSA) is 58.6 Å². The van der Waals surface area contributed by atoms with Gasteiger partial charge in [-0.15, -0.1) is 12.4 Å². The molecule has 0 radical (unpaired) electrons. The first-order valence-electron chi connectivity index (χ1n) is 6.37. The summed E-state index contributed by atoms with van der Waals surface area (Å²) in [5, 5.41) is 12.5. The third kappa shape index (κ3) is 5.19. The molecule has 19 heavy (non-hydrogen) atoms. The lowest BCUT2D eigenvalue weighted by Gasteiger charge is -2.17. The molecule has 2 rings (SSSR count). The Bertz CT molecular complexity index is 380. The molecule has 1 aromatic carbocycles. The zero-order valence-corrected chi connectivity index (χ0v) is 11.6. The Morgan fingerprint density at radius 3 is 2.74 bits per heavy atom. The molecule has 0 aliphatic carbocycles. The fourth-order valence-electron chi connectivity index (χ4n) is 2.18. The molecule has 1 saturated heterocycles. The van der Waals surface area contributed by atoms with E-state index in [1.54, 1.807) is 0 Å². The molecule has 1 heterocycles. The first kappa shape index (κ1) is 16.0. The lowest BCUT2D eigenvalue weighted by molar-refractivity contribution is -0.150. The van der Waals surface area contributed by atoms with E-state index >= 15 is 0 Å². The number of nitrogens with one attached hydrogen (secondary N) is 1. The highest BCUT2D eigenvalue weighted by Crippen LogP contribution is 2.10. The minimum Gasteiger partial charge on any atom is -0.479 e. The summed E-state index contributed by atoms with van der Waals surface area (Å²) >= 11 is 0. The average molecular weight is 286 g/mol. The molecule has 1 aliphatic rings. The number of carboxylic acid groups (broad SMARTS) is 1. The van der Waals surface area contributed by atoms with Crippen LogP contribution >= 0.6 is 12.4 Å². The predicted molar refractivity (Wildman–Crippen MR) is 75.8 cm³/mol. The number of aliphatic carboxylic acids is 1. The van der Waals surface area contributed by atoms with Crippen molar-refractivity contribution in [2.24, 2.45) is 0 Å². The van der Waals surface area contributed by atoms with Gasteiger partial charge in [0.2, 0.25) is 0 Å². The van der Waals surface area contributed by atoms with Gasteiger partial charge in [-0.25, -0.2) is 4.79 Å². The van der Waals surface area contributed by atoms with Crippen LogP contribution in [0.2, 0.25) is 0 Å². The van der Waals surface area contributed by atoms with Crippen LogP contribution in [0, 0.1) is 0 Å². The molecule has 0 amide bonds. The fraction of sp³-hybridized carbons (Fsp3) is 0.500. The quantitative estimate of drug-likeness (QED) is 0.838. The smallest absolute Gasteiger partial charge is 0.333 e. The Morgan fingerprint density at radius 1 is 1.42 bits per heavy atom. The number of carboxylic acids is 1. The van der Waals surface area contributed by atoms with E-state index in [0.29, 0.717) is 19.1 Å². The lowest BCUT2D eigenvalue weighted by atomic mass is 10.1. The van der Waals surface area contributed by atoms with Gasteiger partial charge in [-0.3, -0.25) is 0 Å². The molecule has 2 atom stereocenters. The molecule has 2 N–H and O–H groups in total. The van der Waals surface area contributed by atoms with Gasteiger partial charge < -0.3 is 15.2 Å². The second kappa shape index (κ2) is 8.15. The van der Waals surface area contributed by atoms with Crippen molar-refractivity contribution in [2.75, 3.05) is 13.2 Å². The maximum absolute atomic E-state index is 11.2. The molecule has 0 bridgehead atoms. The van der Waals surface area contributed by atoms with Gasteiger partial charge in [0, 0.05) is 12.5 Å². The van der Waals surface area contributed by atoms with Crippen LogP contribution in [0.4, 0.5) is 0 Å². The minimum absolute atomic E-state index is 0. The summed E-state index contributed by atoms with van der Waals surface area (Å²) in [6.07, 6.45) is 1.88. The van der Waals surface area contributed by atoms with Gasteiger partial charge in [0.25, 0.3) is 0 Å². The summed E-state index contributed by atoms with van der Waals surface area (Å²) in [6.45, 7) is 1.48. The van der Waals surface area contributed by atoms with Crippen LogP contribution in [0.5, 0.6) is 0 Å². The van der Waals surface area contributed by atoms with E-state index in [1.807, 2.05) is 30.3 Å². The van der Waals surface area contributed by atoms with Crippen molar-refractivity contribution in [1.82, 2.24) is 5.32 Å². The van der Waals surface area contributed by atoms with Gasteiger partial charge in [0.1, 0.15) is 0 Å². The Hall–Kier alpha value is -1.10. The first-order valence-corrected chi connectivity index (χ1v) is 6.37. The van der Waals surface area contributed by atoms with E-state index in [9.17, 15) is 4.79 Å². The SMILES string of the molecule is Cl.O=C(O)C(Cc1ccccc1)OC[C@@H]1CCCN1. The predicted octanol–water partition coefficient (Wildman–Crippen LogP) is 1.87. The third-order valence-corrected chi connectivity index (χ3v) is 3.20. The molecular weight excluding hydrogens is 266 g/mol. The van der Waals surface area contributed by atoms with Crippen LogP contribution in [0.1, 0.15) is 18.4 Å². The van der Waals surface area contributed by atoms with E-state index in [1.165, 1.54) is 0 Å². The highest BCUT2D eigenvalue weighted by Gasteiger charge is 2.22. The Balaban J connectivity index is 0.00000180. The monoisotopic (exact) mass is 285 g/mol. The van der Waals surface area contributed by atoms with E-state index in [0.717, 1.165) is 24.9 Å². The second-order valence-electron chi connectivity index (χ2n) is 4.64. The fourth-order valence-corrected chi connectivity index (χ4v) is 2.18. The van der Waals surface area contributed by atoms with E-state index in [4.69, 9.17) is 9.84 Å². The number of rotatable bonds is 6. The molecule has 5 heteroatoms. The molecule has 4 nitrogen and oxygen atoms in total. The molecule has 0 aromatic heterocycles. The van der Waals surface area contributed by atoms with Crippen molar-refractivity contribution in [1.29, 1.82) is 0 Å². The summed E-state index contributed by atoms with van der Waals surface area (Å²) in [5.41, 5.74) is 0.990. The largest absolute Gasteiger partial charge is 0.479 e. The molecule has 106 valence electrons. The summed E-state index contributed by atoms with van der Waals surface area (Å²) in [6, 6.07) is 9.89.